The molecule has 184 valence electrons. The lowest BCUT2D eigenvalue weighted by atomic mass is 10.2. The van der Waals surface area contributed by atoms with E-state index in [4.69, 9.17) is 14.2 Å². The van der Waals surface area contributed by atoms with Crippen LogP contribution in [0.25, 0.3) is 0 Å². The smallest absolute Gasteiger partial charge is 0.264 e. The number of anilines is 1. The number of ether oxygens (including phenoxy) is 3. The summed E-state index contributed by atoms with van der Waals surface area (Å²) in [5.74, 6) is 1.40. The Bertz CT molecular complexity index is 1280. The number of benzene rings is 3. The molecular weight excluding hydrogens is 468 g/mol. The molecule has 1 heterocycles. The van der Waals surface area contributed by atoms with E-state index in [9.17, 15) is 13.2 Å². The number of amides is 1. The van der Waals surface area contributed by atoms with Gasteiger partial charge in [-0.2, -0.15) is 0 Å². The van der Waals surface area contributed by atoms with Gasteiger partial charge in [0, 0.05) is 13.0 Å². The molecule has 0 bridgehead atoms. The van der Waals surface area contributed by atoms with Gasteiger partial charge in [-0.15, -0.1) is 0 Å². The number of hydrogen-bond acceptors (Lipinski definition) is 6. The molecule has 3 aromatic carbocycles. The minimum Gasteiger partial charge on any atom is -0.495 e. The van der Waals surface area contributed by atoms with Crippen molar-refractivity contribution in [3.63, 3.8) is 0 Å². The van der Waals surface area contributed by atoms with Gasteiger partial charge in [-0.05, 0) is 43.3 Å². The number of para-hydroxylation sites is 4. The first-order valence-corrected chi connectivity index (χ1v) is 12.7. The Morgan fingerprint density at radius 2 is 1.71 bits per heavy atom. The van der Waals surface area contributed by atoms with E-state index in [0.717, 1.165) is 5.56 Å². The molecule has 0 radical (unpaired) electrons. The summed E-state index contributed by atoms with van der Waals surface area (Å²) in [6.45, 7) is 2.38. The normalized spacial score (nSPS) is 14.7. The Kier molecular flexibility index (Phi) is 7.45. The van der Waals surface area contributed by atoms with Crippen molar-refractivity contribution in [2.24, 2.45) is 0 Å². The van der Waals surface area contributed by atoms with Crippen molar-refractivity contribution >= 4 is 21.6 Å². The Morgan fingerprint density at radius 3 is 2.46 bits per heavy atom. The summed E-state index contributed by atoms with van der Waals surface area (Å²) in [5, 5.41) is 2.82. The molecule has 9 heteroatoms. The van der Waals surface area contributed by atoms with Gasteiger partial charge in [0.15, 0.2) is 11.5 Å². The number of carbonyl (C=O) groups is 1. The number of nitrogens with zero attached hydrogens (tertiary/aromatic N) is 1. The molecule has 1 amide bonds. The monoisotopic (exact) mass is 496 g/mol. The highest BCUT2D eigenvalue weighted by Crippen LogP contribution is 2.33. The molecule has 0 fully saturated rings. The molecule has 1 aliphatic rings. The molecule has 0 saturated carbocycles. The van der Waals surface area contributed by atoms with Crippen molar-refractivity contribution < 1.29 is 27.4 Å². The van der Waals surface area contributed by atoms with Gasteiger partial charge in [-0.25, -0.2) is 8.42 Å². The largest absolute Gasteiger partial charge is 0.495 e. The van der Waals surface area contributed by atoms with E-state index in [0.29, 0.717) is 29.5 Å². The fourth-order valence-corrected chi connectivity index (χ4v) is 5.20. The van der Waals surface area contributed by atoms with Crippen LogP contribution in [0, 0.1) is 6.92 Å². The number of nitrogens with one attached hydrogen (secondary N) is 1. The first kappa shape index (κ1) is 24.4. The Labute approximate surface area is 205 Å². The van der Waals surface area contributed by atoms with E-state index < -0.39 is 10.0 Å². The van der Waals surface area contributed by atoms with Gasteiger partial charge >= 0.3 is 0 Å². The summed E-state index contributed by atoms with van der Waals surface area (Å²) in [4.78, 5) is 12.8. The molecule has 0 saturated heterocycles. The Hall–Kier alpha value is -3.72. The highest BCUT2D eigenvalue weighted by molar-refractivity contribution is 7.92. The van der Waals surface area contributed by atoms with Gasteiger partial charge in [0.25, 0.3) is 10.0 Å². The summed E-state index contributed by atoms with van der Waals surface area (Å²) in [6, 6.07) is 20.8. The maximum atomic E-state index is 13.5. The van der Waals surface area contributed by atoms with Crippen LogP contribution >= 0.6 is 0 Å². The number of carbonyl (C=O) groups excluding carboxylic acids is 1. The predicted molar refractivity (Wildman–Crippen MR) is 133 cm³/mol. The van der Waals surface area contributed by atoms with Gasteiger partial charge in [-0.1, -0.05) is 42.0 Å². The molecule has 0 aliphatic carbocycles. The average Bonchev–Trinajstić information content (AvgIpc) is 2.88. The summed E-state index contributed by atoms with van der Waals surface area (Å²) in [6.07, 6.45) is -0.386. The van der Waals surface area contributed by atoms with Crippen LogP contribution in [-0.4, -0.2) is 47.2 Å². The van der Waals surface area contributed by atoms with Crippen LogP contribution in [0.5, 0.6) is 17.2 Å². The number of methoxy groups -OCH3 is 1. The standard InChI is InChI=1S/C26H28N2O6S/c1-19-11-13-21(14-12-19)35(30,31)28(22-7-3-4-8-23(22)32-2)16-15-26(29)27-17-20-18-33-24-9-5-6-10-25(24)34-20/h3-14,20H,15-18H2,1-2H3,(H,27,29). The molecule has 1 unspecified atom stereocenters. The zero-order valence-corrected chi connectivity index (χ0v) is 20.5. The van der Waals surface area contributed by atoms with E-state index in [-0.39, 0.29) is 36.4 Å². The second-order valence-corrected chi connectivity index (χ2v) is 9.98. The first-order chi connectivity index (χ1) is 16.9. The minimum absolute atomic E-state index is 0.0483. The highest BCUT2D eigenvalue weighted by Gasteiger charge is 2.28. The van der Waals surface area contributed by atoms with Crippen molar-refractivity contribution in [1.82, 2.24) is 5.32 Å². The van der Waals surface area contributed by atoms with Crippen molar-refractivity contribution in [2.45, 2.75) is 24.3 Å². The molecule has 8 nitrogen and oxygen atoms in total. The number of aryl methyl sites for hydroxylation is 1. The van der Waals surface area contributed by atoms with Crippen molar-refractivity contribution in [2.75, 3.05) is 31.1 Å². The number of sulfonamides is 1. The topological polar surface area (TPSA) is 94.2 Å². The van der Waals surface area contributed by atoms with Crippen molar-refractivity contribution in [3.8, 4) is 17.2 Å². The summed E-state index contributed by atoms with van der Waals surface area (Å²) in [7, 11) is -2.46. The summed E-state index contributed by atoms with van der Waals surface area (Å²) < 4.78 is 45.3. The lowest BCUT2D eigenvalue weighted by Crippen LogP contribution is -2.42. The molecule has 1 aliphatic heterocycles. The molecule has 0 spiro atoms. The number of hydrogen-bond donors (Lipinski definition) is 1. The fraction of sp³-hybridized carbons (Fsp3) is 0.269. The molecule has 1 atom stereocenters. The van der Waals surface area contributed by atoms with Gasteiger partial charge in [0.05, 0.1) is 24.2 Å². The van der Waals surface area contributed by atoms with Crippen LogP contribution in [0.15, 0.2) is 77.7 Å². The third-order valence-corrected chi connectivity index (χ3v) is 7.43. The summed E-state index contributed by atoms with van der Waals surface area (Å²) >= 11 is 0. The second-order valence-electron chi connectivity index (χ2n) is 8.11. The minimum atomic E-state index is -3.94. The molecular formula is C26H28N2O6S. The molecule has 0 aromatic heterocycles. The second kappa shape index (κ2) is 10.7. The molecule has 35 heavy (non-hydrogen) atoms. The zero-order valence-electron chi connectivity index (χ0n) is 19.6. The van der Waals surface area contributed by atoms with Crippen LogP contribution < -0.4 is 23.8 Å². The van der Waals surface area contributed by atoms with Gasteiger partial charge in [0.1, 0.15) is 18.5 Å². The maximum absolute atomic E-state index is 13.5. The fourth-order valence-electron chi connectivity index (χ4n) is 3.73. The van der Waals surface area contributed by atoms with Gasteiger partial charge < -0.3 is 19.5 Å². The van der Waals surface area contributed by atoms with Crippen LogP contribution in [0.3, 0.4) is 0 Å². The molecule has 3 aromatic rings. The third-order valence-electron chi connectivity index (χ3n) is 5.60. The molecule has 1 N–H and O–H groups in total. The van der Waals surface area contributed by atoms with Gasteiger partial charge in [-0.3, -0.25) is 9.10 Å². The van der Waals surface area contributed by atoms with E-state index >= 15 is 0 Å². The lowest BCUT2D eigenvalue weighted by Gasteiger charge is -2.27. The van der Waals surface area contributed by atoms with Crippen LogP contribution in [0.2, 0.25) is 0 Å². The summed E-state index contributed by atoms with van der Waals surface area (Å²) in [5.41, 5.74) is 1.31. The highest BCUT2D eigenvalue weighted by atomic mass is 32.2. The quantitative estimate of drug-likeness (QED) is 0.487. The Morgan fingerprint density at radius 1 is 1.03 bits per heavy atom. The lowest BCUT2D eigenvalue weighted by molar-refractivity contribution is -0.121. The van der Waals surface area contributed by atoms with Crippen molar-refractivity contribution in [1.29, 1.82) is 0 Å². The number of fused-ring (bicyclic) bond motifs is 1. The number of rotatable bonds is 9. The first-order valence-electron chi connectivity index (χ1n) is 11.3. The molecule has 4 rings (SSSR count). The van der Waals surface area contributed by atoms with E-state index in [1.54, 1.807) is 48.5 Å². The van der Waals surface area contributed by atoms with E-state index in [1.165, 1.54) is 11.4 Å². The van der Waals surface area contributed by atoms with Crippen molar-refractivity contribution in [3.05, 3.63) is 78.4 Å². The zero-order chi connectivity index (χ0) is 24.8. The predicted octanol–water partition coefficient (Wildman–Crippen LogP) is 3.55. The average molecular weight is 497 g/mol. The van der Waals surface area contributed by atoms with Gasteiger partial charge in [0.2, 0.25) is 5.91 Å². The van der Waals surface area contributed by atoms with E-state index in [2.05, 4.69) is 5.32 Å². The van der Waals surface area contributed by atoms with E-state index in [1.807, 2.05) is 31.2 Å². The SMILES string of the molecule is COc1ccccc1N(CCC(=O)NCC1COc2ccccc2O1)S(=O)(=O)c1ccc(C)cc1. The maximum Gasteiger partial charge on any atom is 0.264 e. The van der Waals surface area contributed by atoms with Crippen LogP contribution in [0.4, 0.5) is 5.69 Å². The third kappa shape index (κ3) is 5.68. The van der Waals surface area contributed by atoms with Crippen LogP contribution in [-0.2, 0) is 14.8 Å². The Balaban J connectivity index is 1.45. The van der Waals surface area contributed by atoms with Crippen LogP contribution in [0.1, 0.15) is 12.0 Å².